The molecule has 1 N–H and O–H groups in total. The SMILES string of the molecule is C#CC(C)NCC1CCN(C(C)C)C1. The lowest BCUT2D eigenvalue weighted by atomic mass is 10.1. The van der Waals surface area contributed by atoms with Gasteiger partial charge in [0.05, 0.1) is 6.04 Å². The highest BCUT2D eigenvalue weighted by molar-refractivity contribution is 4.96. The minimum atomic E-state index is 0.211. The van der Waals surface area contributed by atoms with E-state index in [4.69, 9.17) is 6.42 Å². The molecule has 0 radical (unpaired) electrons. The van der Waals surface area contributed by atoms with Crippen LogP contribution in [0.25, 0.3) is 0 Å². The Hall–Kier alpha value is -0.520. The Morgan fingerprint density at radius 1 is 1.50 bits per heavy atom. The molecule has 1 fully saturated rings. The lowest BCUT2D eigenvalue weighted by molar-refractivity contribution is 0.263. The summed E-state index contributed by atoms with van der Waals surface area (Å²) in [4.78, 5) is 2.53. The van der Waals surface area contributed by atoms with Gasteiger partial charge < -0.3 is 10.2 Å². The lowest BCUT2D eigenvalue weighted by Crippen LogP contribution is -2.33. The van der Waals surface area contributed by atoms with Gasteiger partial charge in [0, 0.05) is 19.1 Å². The van der Waals surface area contributed by atoms with Crippen molar-refractivity contribution in [3.63, 3.8) is 0 Å². The summed E-state index contributed by atoms with van der Waals surface area (Å²) in [5.74, 6) is 3.48. The van der Waals surface area contributed by atoms with Crippen molar-refractivity contribution in [2.45, 2.75) is 39.3 Å². The van der Waals surface area contributed by atoms with Crippen LogP contribution in [0.4, 0.5) is 0 Å². The zero-order chi connectivity index (χ0) is 10.6. The highest BCUT2D eigenvalue weighted by atomic mass is 15.2. The van der Waals surface area contributed by atoms with Gasteiger partial charge in [0.2, 0.25) is 0 Å². The van der Waals surface area contributed by atoms with Crippen LogP contribution in [-0.2, 0) is 0 Å². The maximum absolute atomic E-state index is 5.31. The summed E-state index contributed by atoms with van der Waals surface area (Å²) in [6, 6.07) is 0.896. The van der Waals surface area contributed by atoms with Crippen molar-refractivity contribution in [3.8, 4) is 12.3 Å². The van der Waals surface area contributed by atoms with Crippen molar-refractivity contribution in [1.29, 1.82) is 0 Å². The molecule has 2 atom stereocenters. The predicted octanol–water partition coefficient (Wildman–Crippen LogP) is 1.33. The first-order valence-electron chi connectivity index (χ1n) is 5.57. The van der Waals surface area contributed by atoms with E-state index in [0.29, 0.717) is 6.04 Å². The van der Waals surface area contributed by atoms with E-state index in [-0.39, 0.29) is 6.04 Å². The van der Waals surface area contributed by atoms with Crippen LogP contribution in [0.3, 0.4) is 0 Å². The molecule has 80 valence electrons. The zero-order valence-electron chi connectivity index (χ0n) is 9.59. The number of nitrogens with one attached hydrogen (secondary N) is 1. The smallest absolute Gasteiger partial charge is 0.0658 e. The van der Waals surface area contributed by atoms with Gasteiger partial charge in [-0.1, -0.05) is 5.92 Å². The van der Waals surface area contributed by atoms with E-state index in [2.05, 4.69) is 30.0 Å². The molecule has 2 unspecified atom stereocenters. The van der Waals surface area contributed by atoms with E-state index in [1.54, 1.807) is 0 Å². The van der Waals surface area contributed by atoms with Crippen LogP contribution >= 0.6 is 0 Å². The molecule has 0 bridgehead atoms. The molecular formula is C12H22N2. The Morgan fingerprint density at radius 3 is 2.71 bits per heavy atom. The van der Waals surface area contributed by atoms with Crippen LogP contribution in [0.15, 0.2) is 0 Å². The molecule has 0 aromatic rings. The number of likely N-dealkylation sites (tertiary alicyclic amines) is 1. The number of hydrogen-bond donors (Lipinski definition) is 1. The lowest BCUT2D eigenvalue weighted by Gasteiger charge is -2.20. The summed E-state index contributed by atoms with van der Waals surface area (Å²) >= 11 is 0. The summed E-state index contributed by atoms with van der Waals surface area (Å²) < 4.78 is 0. The van der Waals surface area contributed by atoms with Crippen LogP contribution < -0.4 is 5.32 Å². The van der Waals surface area contributed by atoms with Gasteiger partial charge in [0.15, 0.2) is 0 Å². The van der Waals surface area contributed by atoms with Gasteiger partial charge in [-0.2, -0.15) is 0 Å². The molecule has 1 aliphatic heterocycles. The molecule has 1 aliphatic rings. The number of rotatable bonds is 4. The fraction of sp³-hybridized carbons (Fsp3) is 0.833. The maximum atomic E-state index is 5.31. The summed E-state index contributed by atoms with van der Waals surface area (Å²) in [6.07, 6.45) is 6.62. The van der Waals surface area contributed by atoms with Gasteiger partial charge in [-0.15, -0.1) is 6.42 Å². The first-order chi connectivity index (χ1) is 6.63. The van der Waals surface area contributed by atoms with Gasteiger partial charge in [0.1, 0.15) is 0 Å². The molecule has 0 spiro atoms. The summed E-state index contributed by atoms with van der Waals surface area (Å²) in [5.41, 5.74) is 0. The first-order valence-corrected chi connectivity index (χ1v) is 5.57. The highest BCUT2D eigenvalue weighted by Gasteiger charge is 2.23. The van der Waals surface area contributed by atoms with Crippen LogP contribution in [-0.4, -0.2) is 36.6 Å². The molecule has 2 nitrogen and oxygen atoms in total. The number of hydrogen-bond acceptors (Lipinski definition) is 2. The average molecular weight is 194 g/mol. The predicted molar refractivity (Wildman–Crippen MR) is 61.1 cm³/mol. The normalized spacial score (nSPS) is 25.2. The van der Waals surface area contributed by atoms with Crippen molar-refractivity contribution in [3.05, 3.63) is 0 Å². The molecule has 0 amide bonds. The monoisotopic (exact) mass is 194 g/mol. The second-order valence-electron chi connectivity index (χ2n) is 4.54. The molecular weight excluding hydrogens is 172 g/mol. The van der Waals surface area contributed by atoms with Gasteiger partial charge in [-0.05, 0) is 39.7 Å². The second-order valence-corrected chi connectivity index (χ2v) is 4.54. The largest absolute Gasteiger partial charge is 0.304 e. The third kappa shape index (κ3) is 3.32. The summed E-state index contributed by atoms with van der Waals surface area (Å²) in [7, 11) is 0. The molecule has 2 heteroatoms. The fourth-order valence-corrected chi connectivity index (χ4v) is 1.90. The average Bonchev–Trinajstić information content (AvgIpc) is 2.62. The van der Waals surface area contributed by atoms with Crippen LogP contribution in [0.1, 0.15) is 27.2 Å². The molecule has 0 aliphatic carbocycles. The van der Waals surface area contributed by atoms with Crippen molar-refractivity contribution < 1.29 is 0 Å². The molecule has 0 aromatic carbocycles. The third-order valence-electron chi connectivity index (χ3n) is 3.01. The zero-order valence-corrected chi connectivity index (χ0v) is 9.59. The van der Waals surface area contributed by atoms with E-state index in [1.807, 2.05) is 6.92 Å². The van der Waals surface area contributed by atoms with Crippen LogP contribution in [0, 0.1) is 18.3 Å². The molecule has 0 saturated carbocycles. The van der Waals surface area contributed by atoms with Crippen molar-refractivity contribution in [2.24, 2.45) is 5.92 Å². The Bertz CT molecular complexity index is 205. The maximum Gasteiger partial charge on any atom is 0.0658 e. The summed E-state index contributed by atoms with van der Waals surface area (Å²) in [5, 5.41) is 3.37. The molecule has 1 saturated heterocycles. The van der Waals surface area contributed by atoms with Crippen LogP contribution in [0.5, 0.6) is 0 Å². The third-order valence-corrected chi connectivity index (χ3v) is 3.01. The minimum Gasteiger partial charge on any atom is -0.304 e. The standard InChI is InChI=1S/C12H22N2/c1-5-11(4)13-8-12-6-7-14(9-12)10(2)3/h1,10-13H,6-9H2,2-4H3. The van der Waals surface area contributed by atoms with Gasteiger partial charge in [-0.25, -0.2) is 0 Å². The fourth-order valence-electron chi connectivity index (χ4n) is 1.90. The Morgan fingerprint density at radius 2 is 2.21 bits per heavy atom. The number of terminal acetylenes is 1. The first kappa shape index (κ1) is 11.6. The van der Waals surface area contributed by atoms with E-state index in [9.17, 15) is 0 Å². The van der Waals surface area contributed by atoms with E-state index >= 15 is 0 Å². The Kier molecular flexibility index (Phi) is 4.44. The number of nitrogens with zero attached hydrogens (tertiary/aromatic N) is 1. The van der Waals surface area contributed by atoms with E-state index in [1.165, 1.54) is 19.5 Å². The highest BCUT2D eigenvalue weighted by Crippen LogP contribution is 2.17. The molecule has 1 rings (SSSR count). The van der Waals surface area contributed by atoms with Gasteiger partial charge in [0.25, 0.3) is 0 Å². The molecule has 1 heterocycles. The Balaban J connectivity index is 2.20. The van der Waals surface area contributed by atoms with Gasteiger partial charge in [-0.3, -0.25) is 0 Å². The van der Waals surface area contributed by atoms with Crippen molar-refractivity contribution in [2.75, 3.05) is 19.6 Å². The van der Waals surface area contributed by atoms with E-state index in [0.717, 1.165) is 12.5 Å². The minimum absolute atomic E-state index is 0.211. The van der Waals surface area contributed by atoms with Gasteiger partial charge >= 0.3 is 0 Å². The molecule has 14 heavy (non-hydrogen) atoms. The van der Waals surface area contributed by atoms with Crippen LogP contribution in [0.2, 0.25) is 0 Å². The van der Waals surface area contributed by atoms with E-state index < -0.39 is 0 Å². The molecule has 0 aromatic heterocycles. The summed E-state index contributed by atoms with van der Waals surface area (Å²) in [6.45, 7) is 10.1. The van der Waals surface area contributed by atoms with Crippen molar-refractivity contribution >= 4 is 0 Å². The second kappa shape index (κ2) is 5.38. The van der Waals surface area contributed by atoms with Crippen molar-refractivity contribution in [1.82, 2.24) is 10.2 Å². The quantitative estimate of drug-likeness (QED) is 0.679. The Labute approximate surface area is 88.1 Å². The topological polar surface area (TPSA) is 15.3 Å².